The molecule has 0 aliphatic carbocycles. The number of unbranched alkanes of at least 4 members (excludes halogenated alkanes) is 1. The number of hydrogen-bond donors (Lipinski definition) is 2. The molecule has 128 valence electrons. The van der Waals surface area contributed by atoms with Crippen molar-refractivity contribution in [2.24, 2.45) is 0 Å². The Hall–Kier alpha value is -1.87. The first-order valence-electron chi connectivity index (χ1n) is 8.35. The molecule has 3 nitrogen and oxygen atoms in total. The summed E-state index contributed by atoms with van der Waals surface area (Å²) in [5.41, 5.74) is 0. The molecule has 0 saturated carbocycles. The highest BCUT2D eigenvalue weighted by atomic mass is 16.4. The standard InChI is InChI=1S/C20H30O3/c1-2-3-4-5-7-10-13-16-19(21)17-14-11-8-6-9-12-15-18-20(22)23/h3-4,6-7,9-11,13-14,16,19,21H,2,5,8,12,15,17-18H2,1H3,(H,22,23)/b4-3+,9-6-,10-7+,14-11-,16-13+/t19-/m0/s1. The zero-order valence-corrected chi connectivity index (χ0v) is 14.1. The minimum absolute atomic E-state index is 0.224. The number of aliphatic carboxylic acids is 1. The summed E-state index contributed by atoms with van der Waals surface area (Å²) in [5, 5.41) is 18.2. The summed E-state index contributed by atoms with van der Waals surface area (Å²) in [6.07, 6.45) is 24.6. The Balaban J connectivity index is 3.67. The fourth-order valence-corrected chi connectivity index (χ4v) is 1.77. The summed E-state index contributed by atoms with van der Waals surface area (Å²) < 4.78 is 0. The third kappa shape index (κ3) is 18.1. The molecule has 0 fully saturated rings. The normalized spacial score (nSPS) is 14.2. The van der Waals surface area contributed by atoms with Crippen LogP contribution in [0.25, 0.3) is 0 Å². The molecular formula is C20H30O3. The lowest BCUT2D eigenvalue weighted by Crippen LogP contribution is -1.98. The summed E-state index contributed by atoms with van der Waals surface area (Å²) in [4.78, 5) is 10.3. The molecule has 23 heavy (non-hydrogen) atoms. The van der Waals surface area contributed by atoms with Gasteiger partial charge in [0.25, 0.3) is 0 Å². The Morgan fingerprint density at radius 3 is 2.39 bits per heavy atom. The Morgan fingerprint density at radius 2 is 1.65 bits per heavy atom. The molecule has 0 aromatic heterocycles. The van der Waals surface area contributed by atoms with Crippen molar-refractivity contribution >= 4 is 5.97 Å². The van der Waals surface area contributed by atoms with Gasteiger partial charge in [-0.3, -0.25) is 4.79 Å². The highest BCUT2D eigenvalue weighted by Gasteiger charge is 1.93. The van der Waals surface area contributed by atoms with Gasteiger partial charge in [-0.25, -0.2) is 0 Å². The summed E-state index contributed by atoms with van der Waals surface area (Å²) >= 11 is 0. The molecule has 0 spiro atoms. The number of carboxylic acid groups (broad SMARTS) is 1. The third-order valence-corrected chi connectivity index (χ3v) is 3.00. The first kappa shape index (κ1) is 21.1. The second-order valence-corrected chi connectivity index (χ2v) is 5.20. The van der Waals surface area contributed by atoms with Crippen molar-refractivity contribution in [2.75, 3.05) is 0 Å². The van der Waals surface area contributed by atoms with E-state index >= 15 is 0 Å². The van der Waals surface area contributed by atoms with Gasteiger partial charge in [-0.2, -0.15) is 0 Å². The van der Waals surface area contributed by atoms with Gasteiger partial charge in [0.15, 0.2) is 0 Å². The molecule has 0 aromatic carbocycles. The number of carboxylic acids is 1. The van der Waals surface area contributed by atoms with Crippen LogP contribution in [-0.2, 0) is 4.79 Å². The lowest BCUT2D eigenvalue weighted by Gasteiger charge is -1.98. The molecule has 0 bridgehead atoms. The van der Waals surface area contributed by atoms with Crippen molar-refractivity contribution < 1.29 is 15.0 Å². The van der Waals surface area contributed by atoms with E-state index in [1.165, 1.54) is 0 Å². The van der Waals surface area contributed by atoms with E-state index in [0.717, 1.165) is 25.7 Å². The van der Waals surface area contributed by atoms with Crippen LogP contribution in [0.1, 0.15) is 51.9 Å². The van der Waals surface area contributed by atoms with Crippen molar-refractivity contribution in [1.29, 1.82) is 0 Å². The number of aliphatic hydroxyl groups is 1. The largest absolute Gasteiger partial charge is 0.481 e. The van der Waals surface area contributed by atoms with Crippen molar-refractivity contribution in [1.82, 2.24) is 0 Å². The predicted octanol–water partition coefficient (Wildman–Crippen LogP) is 4.96. The molecule has 0 saturated heterocycles. The van der Waals surface area contributed by atoms with E-state index in [1.54, 1.807) is 6.08 Å². The van der Waals surface area contributed by atoms with Crippen molar-refractivity contribution in [3.05, 3.63) is 60.8 Å². The van der Waals surface area contributed by atoms with E-state index < -0.39 is 12.1 Å². The molecule has 3 heteroatoms. The lowest BCUT2D eigenvalue weighted by atomic mass is 10.2. The Morgan fingerprint density at radius 1 is 0.957 bits per heavy atom. The Kier molecular flexibility index (Phi) is 15.2. The summed E-state index contributed by atoms with van der Waals surface area (Å²) in [7, 11) is 0. The van der Waals surface area contributed by atoms with Crippen LogP contribution < -0.4 is 0 Å². The van der Waals surface area contributed by atoms with Crippen LogP contribution in [0.2, 0.25) is 0 Å². The summed E-state index contributed by atoms with van der Waals surface area (Å²) in [6, 6.07) is 0. The van der Waals surface area contributed by atoms with E-state index in [1.807, 2.05) is 36.5 Å². The zero-order valence-electron chi connectivity index (χ0n) is 14.1. The highest BCUT2D eigenvalue weighted by Crippen LogP contribution is 2.00. The highest BCUT2D eigenvalue weighted by molar-refractivity contribution is 5.66. The Bertz CT molecular complexity index is 428. The first-order chi connectivity index (χ1) is 11.2. The zero-order chi connectivity index (χ0) is 17.2. The topological polar surface area (TPSA) is 57.5 Å². The number of allylic oxidation sites excluding steroid dienone is 8. The van der Waals surface area contributed by atoms with Crippen LogP contribution in [0.4, 0.5) is 0 Å². The monoisotopic (exact) mass is 318 g/mol. The SMILES string of the molecule is CC/C=C/C/C=C/C=C/[C@H](O)C/C=C\C/C=C\CCCC(=O)O. The van der Waals surface area contributed by atoms with Crippen molar-refractivity contribution in [3.8, 4) is 0 Å². The van der Waals surface area contributed by atoms with E-state index in [9.17, 15) is 9.90 Å². The van der Waals surface area contributed by atoms with Gasteiger partial charge in [-0.1, -0.05) is 67.7 Å². The molecule has 0 amide bonds. The second kappa shape index (κ2) is 16.5. The molecule has 0 unspecified atom stereocenters. The van der Waals surface area contributed by atoms with Crippen LogP contribution in [0.15, 0.2) is 60.8 Å². The fraction of sp³-hybridized carbons (Fsp3) is 0.450. The number of hydrogen-bond acceptors (Lipinski definition) is 2. The minimum atomic E-state index is -0.743. The maximum atomic E-state index is 10.3. The molecule has 0 radical (unpaired) electrons. The minimum Gasteiger partial charge on any atom is -0.481 e. The molecular weight excluding hydrogens is 288 g/mol. The van der Waals surface area contributed by atoms with Gasteiger partial charge >= 0.3 is 5.97 Å². The van der Waals surface area contributed by atoms with E-state index in [4.69, 9.17) is 5.11 Å². The lowest BCUT2D eigenvalue weighted by molar-refractivity contribution is -0.137. The molecule has 0 aromatic rings. The van der Waals surface area contributed by atoms with Gasteiger partial charge in [-0.05, 0) is 38.5 Å². The smallest absolute Gasteiger partial charge is 0.303 e. The number of aliphatic hydroxyl groups excluding tert-OH is 1. The van der Waals surface area contributed by atoms with Gasteiger partial charge in [0, 0.05) is 6.42 Å². The van der Waals surface area contributed by atoms with Gasteiger partial charge in [-0.15, -0.1) is 0 Å². The van der Waals surface area contributed by atoms with Crippen LogP contribution in [0.5, 0.6) is 0 Å². The molecule has 0 heterocycles. The van der Waals surface area contributed by atoms with Crippen molar-refractivity contribution in [2.45, 2.75) is 58.0 Å². The van der Waals surface area contributed by atoms with E-state index in [0.29, 0.717) is 12.8 Å². The first-order valence-corrected chi connectivity index (χ1v) is 8.35. The van der Waals surface area contributed by atoms with Gasteiger partial charge < -0.3 is 10.2 Å². The van der Waals surface area contributed by atoms with E-state index in [-0.39, 0.29) is 6.42 Å². The predicted molar refractivity (Wildman–Crippen MR) is 97.3 cm³/mol. The van der Waals surface area contributed by atoms with Gasteiger partial charge in [0.05, 0.1) is 6.10 Å². The Labute approximate surface area is 140 Å². The summed E-state index contributed by atoms with van der Waals surface area (Å²) in [6.45, 7) is 2.11. The third-order valence-electron chi connectivity index (χ3n) is 3.00. The average molecular weight is 318 g/mol. The maximum absolute atomic E-state index is 10.3. The molecule has 0 aliphatic heterocycles. The molecule has 2 N–H and O–H groups in total. The average Bonchev–Trinajstić information content (AvgIpc) is 2.52. The molecule has 1 atom stereocenters. The van der Waals surface area contributed by atoms with Crippen LogP contribution >= 0.6 is 0 Å². The quantitative estimate of drug-likeness (QED) is 0.286. The molecule has 0 rings (SSSR count). The van der Waals surface area contributed by atoms with Gasteiger partial charge in [0.1, 0.15) is 0 Å². The summed E-state index contributed by atoms with van der Waals surface area (Å²) in [5.74, 6) is -0.743. The van der Waals surface area contributed by atoms with Gasteiger partial charge in [0.2, 0.25) is 0 Å². The van der Waals surface area contributed by atoms with Crippen molar-refractivity contribution in [3.63, 3.8) is 0 Å². The molecule has 0 aliphatic rings. The van der Waals surface area contributed by atoms with Crippen LogP contribution in [-0.4, -0.2) is 22.3 Å². The maximum Gasteiger partial charge on any atom is 0.303 e. The van der Waals surface area contributed by atoms with Crippen LogP contribution in [0, 0.1) is 0 Å². The number of rotatable bonds is 13. The fourth-order valence-electron chi connectivity index (χ4n) is 1.77. The van der Waals surface area contributed by atoms with Crippen LogP contribution in [0.3, 0.4) is 0 Å². The second-order valence-electron chi connectivity index (χ2n) is 5.20. The number of carbonyl (C=O) groups is 1. The van der Waals surface area contributed by atoms with E-state index in [2.05, 4.69) is 25.2 Å².